The Hall–Kier alpha value is -2.60. The molecule has 1 saturated heterocycles. The van der Waals surface area contributed by atoms with E-state index in [1.165, 1.54) is 5.56 Å². The molecule has 1 N–H and O–H groups in total. The molecule has 0 bridgehead atoms. The van der Waals surface area contributed by atoms with Crippen LogP contribution in [0.25, 0.3) is 0 Å². The number of amides is 1. The second kappa shape index (κ2) is 9.74. The molecule has 2 aromatic rings. The topological polar surface area (TPSA) is 63.7 Å². The molecular formula is C23H29N3O3. The molecule has 0 aliphatic carbocycles. The molecule has 1 aromatic heterocycles. The van der Waals surface area contributed by atoms with Gasteiger partial charge in [-0.3, -0.25) is 14.7 Å². The van der Waals surface area contributed by atoms with Gasteiger partial charge in [0.15, 0.2) is 11.5 Å². The second-order valence-corrected chi connectivity index (χ2v) is 7.87. The fraction of sp³-hybridized carbons (Fsp3) is 0.478. The van der Waals surface area contributed by atoms with Crippen LogP contribution in [0, 0.1) is 5.92 Å². The Morgan fingerprint density at radius 2 is 1.93 bits per heavy atom. The van der Waals surface area contributed by atoms with E-state index in [2.05, 4.69) is 27.3 Å². The number of benzene rings is 1. The van der Waals surface area contributed by atoms with Gasteiger partial charge in [0.05, 0.1) is 0 Å². The average molecular weight is 396 g/mol. The standard InChI is InChI=1S/C23H29N3O3/c27-23(25-16-20-2-1-9-24-15-20)6-4-18-7-10-26(11-8-18)17-19-3-5-21-22(14-19)29-13-12-28-21/h1-3,5,9,14-15,18H,4,6-8,10-13,16-17H2,(H,25,27). The molecule has 2 aliphatic rings. The third kappa shape index (κ3) is 5.70. The van der Waals surface area contributed by atoms with Crippen LogP contribution in [0.3, 0.4) is 0 Å². The number of rotatable bonds is 7. The number of fused-ring (bicyclic) bond motifs is 1. The summed E-state index contributed by atoms with van der Waals surface area (Å²) in [6, 6.07) is 10.1. The van der Waals surface area contributed by atoms with Crippen LogP contribution in [0.15, 0.2) is 42.7 Å². The van der Waals surface area contributed by atoms with Crippen molar-refractivity contribution in [2.45, 2.75) is 38.8 Å². The van der Waals surface area contributed by atoms with Crippen molar-refractivity contribution in [2.24, 2.45) is 5.92 Å². The largest absolute Gasteiger partial charge is 0.486 e. The minimum absolute atomic E-state index is 0.132. The van der Waals surface area contributed by atoms with E-state index >= 15 is 0 Å². The van der Waals surface area contributed by atoms with Gasteiger partial charge >= 0.3 is 0 Å². The molecule has 1 aromatic carbocycles. The molecule has 3 heterocycles. The van der Waals surface area contributed by atoms with Gasteiger partial charge in [-0.1, -0.05) is 12.1 Å². The zero-order valence-corrected chi connectivity index (χ0v) is 16.8. The van der Waals surface area contributed by atoms with Crippen molar-refractivity contribution in [3.8, 4) is 11.5 Å². The predicted molar refractivity (Wildman–Crippen MR) is 111 cm³/mol. The number of ether oxygens (including phenoxy) is 2. The highest BCUT2D eigenvalue weighted by Crippen LogP contribution is 2.31. The number of aromatic nitrogens is 1. The minimum Gasteiger partial charge on any atom is -0.486 e. The maximum atomic E-state index is 12.1. The van der Waals surface area contributed by atoms with Gasteiger partial charge in [-0.05, 0) is 67.6 Å². The Bertz CT molecular complexity index is 804. The molecule has 0 spiro atoms. The fourth-order valence-electron chi connectivity index (χ4n) is 4.00. The van der Waals surface area contributed by atoms with Gasteiger partial charge in [-0.15, -0.1) is 0 Å². The summed E-state index contributed by atoms with van der Waals surface area (Å²) in [5, 5.41) is 2.99. The molecule has 1 amide bonds. The van der Waals surface area contributed by atoms with E-state index in [-0.39, 0.29) is 5.91 Å². The van der Waals surface area contributed by atoms with Gasteiger partial charge in [-0.2, -0.15) is 0 Å². The van der Waals surface area contributed by atoms with Crippen molar-refractivity contribution in [3.05, 3.63) is 53.9 Å². The molecule has 0 saturated carbocycles. The van der Waals surface area contributed by atoms with E-state index in [0.29, 0.717) is 32.1 Å². The zero-order valence-electron chi connectivity index (χ0n) is 16.8. The number of hydrogen-bond donors (Lipinski definition) is 1. The van der Waals surface area contributed by atoms with Crippen LogP contribution in [0.4, 0.5) is 0 Å². The molecule has 0 unspecified atom stereocenters. The normalized spacial score (nSPS) is 17.1. The van der Waals surface area contributed by atoms with Crippen LogP contribution in [0.2, 0.25) is 0 Å². The van der Waals surface area contributed by atoms with Crippen LogP contribution < -0.4 is 14.8 Å². The predicted octanol–water partition coefficient (Wildman–Crippen LogP) is 3.16. The summed E-state index contributed by atoms with van der Waals surface area (Å²) in [6.45, 7) is 4.90. The molecular weight excluding hydrogens is 366 g/mol. The van der Waals surface area contributed by atoms with E-state index in [9.17, 15) is 4.79 Å². The van der Waals surface area contributed by atoms with Crippen LogP contribution in [0.1, 0.15) is 36.8 Å². The number of likely N-dealkylation sites (tertiary alicyclic amines) is 1. The minimum atomic E-state index is 0.132. The first-order chi connectivity index (χ1) is 14.3. The molecule has 4 rings (SSSR count). The Labute approximate surface area is 172 Å². The van der Waals surface area contributed by atoms with E-state index in [0.717, 1.165) is 56.0 Å². The molecule has 6 nitrogen and oxygen atoms in total. The van der Waals surface area contributed by atoms with Crippen molar-refractivity contribution in [2.75, 3.05) is 26.3 Å². The maximum Gasteiger partial charge on any atom is 0.220 e. The van der Waals surface area contributed by atoms with Crippen molar-refractivity contribution < 1.29 is 14.3 Å². The van der Waals surface area contributed by atoms with Crippen molar-refractivity contribution in [3.63, 3.8) is 0 Å². The van der Waals surface area contributed by atoms with Gasteiger partial charge in [0.25, 0.3) is 0 Å². The first-order valence-corrected chi connectivity index (χ1v) is 10.5. The highest BCUT2D eigenvalue weighted by Gasteiger charge is 2.21. The third-order valence-electron chi connectivity index (χ3n) is 5.71. The summed E-state index contributed by atoms with van der Waals surface area (Å²) >= 11 is 0. The molecule has 2 aliphatic heterocycles. The lowest BCUT2D eigenvalue weighted by atomic mass is 9.92. The zero-order chi connectivity index (χ0) is 19.9. The molecule has 1 fully saturated rings. The lowest BCUT2D eigenvalue weighted by molar-refractivity contribution is -0.121. The van der Waals surface area contributed by atoms with Crippen LogP contribution in [-0.2, 0) is 17.9 Å². The average Bonchev–Trinajstić information content (AvgIpc) is 2.78. The maximum absolute atomic E-state index is 12.1. The van der Waals surface area contributed by atoms with Crippen LogP contribution in [-0.4, -0.2) is 42.1 Å². The van der Waals surface area contributed by atoms with E-state index < -0.39 is 0 Å². The van der Waals surface area contributed by atoms with Gasteiger partial charge in [-0.25, -0.2) is 0 Å². The summed E-state index contributed by atoms with van der Waals surface area (Å²) in [5.74, 6) is 2.48. The smallest absolute Gasteiger partial charge is 0.220 e. The Balaban J connectivity index is 1.15. The Kier molecular flexibility index (Phi) is 6.62. The third-order valence-corrected chi connectivity index (χ3v) is 5.71. The lowest BCUT2D eigenvalue weighted by Gasteiger charge is -2.32. The molecule has 0 radical (unpaired) electrons. The van der Waals surface area contributed by atoms with Crippen molar-refractivity contribution in [1.29, 1.82) is 0 Å². The van der Waals surface area contributed by atoms with Crippen molar-refractivity contribution >= 4 is 5.91 Å². The summed E-state index contributed by atoms with van der Waals surface area (Å²) in [6.07, 6.45) is 7.41. The quantitative estimate of drug-likeness (QED) is 0.780. The highest BCUT2D eigenvalue weighted by atomic mass is 16.6. The van der Waals surface area contributed by atoms with Gasteiger partial charge in [0.1, 0.15) is 13.2 Å². The SMILES string of the molecule is O=C(CCC1CCN(Cc2ccc3c(c2)OCCO3)CC1)NCc1cccnc1. The summed E-state index contributed by atoms with van der Waals surface area (Å²) < 4.78 is 11.3. The summed E-state index contributed by atoms with van der Waals surface area (Å²) in [5.41, 5.74) is 2.30. The van der Waals surface area contributed by atoms with Crippen LogP contribution >= 0.6 is 0 Å². The van der Waals surface area contributed by atoms with Gasteiger partial charge in [0, 0.05) is 31.9 Å². The van der Waals surface area contributed by atoms with E-state index in [1.807, 2.05) is 18.2 Å². The number of nitrogens with zero attached hydrogens (tertiary/aromatic N) is 2. The van der Waals surface area contributed by atoms with E-state index in [4.69, 9.17) is 9.47 Å². The fourth-order valence-corrected chi connectivity index (χ4v) is 4.00. The Morgan fingerprint density at radius 1 is 1.10 bits per heavy atom. The number of nitrogens with one attached hydrogen (secondary N) is 1. The number of carbonyl (C=O) groups excluding carboxylic acids is 1. The number of carbonyl (C=O) groups is 1. The lowest BCUT2D eigenvalue weighted by Crippen LogP contribution is -2.33. The molecule has 29 heavy (non-hydrogen) atoms. The summed E-state index contributed by atoms with van der Waals surface area (Å²) in [4.78, 5) is 18.7. The monoisotopic (exact) mass is 395 g/mol. The van der Waals surface area contributed by atoms with Gasteiger partial charge in [0.2, 0.25) is 5.91 Å². The Morgan fingerprint density at radius 3 is 2.72 bits per heavy atom. The molecule has 154 valence electrons. The number of hydrogen-bond acceptors (Lipinski definition) is 5. The second-order valence-electron chi connectivity index (χ2n) is 7.87. The highest BCUT2D eigenvalue weighted by molar-refractivity contribution is 5.75. The number of piperidine rings is 1. The summed E-state index contributed by atoms with van der Waals surface area (Å²) in [7, 11) is 0. The van der Waals surface area contributed by atoms with Crippen LogP contribution in [0.5, 0.6) is 11.5 Å². The van der Waals surface area contributed by atoms with Crippen molar-refractivity contribution in [1.82, 2.24) is 15.2 Å². The van der Waals surface area contributed by atoms with Gasteiger partial charge < -0.3 is 14.8 Å². The molecule has 0 atom stereocenters. The molecule has 6 heteroatoms. The first kappa shape index (κ1) is 19.7. The number of pyridine rings is 1. The van der Waals surface area contributed by atoms with E-state index in [1.54, 1.807) is 12.4 Å². The first-order valence-electron chi connectivity index (χ1n) is 10.5.